The molecule has 0 aliphatic rings. The molecule has 0 aliphatic carbocycles. The minimum absolute atomic E-state index is 1.15. The van der Waals surface area contributed by atoms with E-state index >= 15 is 0 Å². The van der Waals surface area contributed by atoms with Crippen LogP contribution in [0.2, 0.25) is 0 Å². The SMILES string of the molecule is Cc1cc(C)c(-c2ccc3c(c2)c2cc(-c4ccc5c(c4)c4cc(-c6c(C)cc(C)cc6C)ccc4n5-c4ccc5c(c4)c4ccccc4n5-c4ccccc4)ccc2n3-c2ccccc2)c(C)c1. The van der Waals surface area contributed by atoms with Crippen LogP contribution in [0, 0.1) is 41.5 Å². The lowest BCUT2D eigenvalue weighted by Crippen LogP contribution is -1.96. The van der Waals surface area contributed by atoms with Gasteiger partial charge in [0.05, 0.1) is 33.1 Å². The van der Waals surface area contributed by atoms with Crippen molar-refractivity contribution in [1.82, 2.24) is 13.7 Å². The summed E-state index contributed by atoms with van der Waals surface area (Å²) in [6, 6.07) is 74.9. The van der Waals surface area contributed by atoms with Crippen LogP contribution in [0.1, 0.15) is 33.4 Å². The molecule has 13 aromatic rings. The summed E-state index contributed by atoms with van der Waals surface area (Å²) in [4.78, 5) is 0. The Morgan fingerprint density at radius 1 is 0.232 bits per heavy atom. The number of hydrogen-bond donors (Lipinski definition) is 0. The van der Waals surface area contributed by atoms with Crippen molar-refractivity contribution in [1.29, 1.82) is 0 Å². The fourth-order valence-electron chi connectivity index (χ4n) is 12.1. The third kappa shape index (κ3) is 6.41. The molecule has 3 heteroatoms. The minimum atomic E-state index is 1.15. The standard InChI is InChI=1S/C66H51N3/c1-40-31-42(3)65(43(4)32-40)48-23-28-61-56(37-48)54-35-46(21-26-60(54)68(61)51-17-11-8-12-18-51)47-22-27-62-55(36-47)57-38-49(66-44(5)33-41(2)34-45(66)6)24-29-63(57)69(62)52-25-30-64-58(39-52)53-19-13-14-20-59(53)67(64)50-15-9-7-10-16-50/h7-39H,1-6H3. The molecule has 0 bridgehead atoms. The van der Waals surface area contributed by atoms with Crippen LogP contribution in [-0.2, 0) is 0 Å². The Labute approximate surface area is 402 Å². The number of nitrogens with zero attached hydrogens (tertiary/aromatic N) is 3. The first-order valence-corrected chi connectivity index (χ1v) is 24.2. The van der Waals surface area contributed by atoms with Crippen LogP contribution < -0.4 is 0 Å². The average Bonchev–Trinajstić information content (AvgIpc) is 3.98. The van der Waals surface area contributed by atoms with E-state index in [1.165, 1.54) is 132 Å². The highest BCUT2D eigenvalue weighted by molar-refractivity contribution is 6.15. The zero-order valence-corrected chi connectivity index (χ0v) is 39.9. The van der Waals surface area contributed by atoms with Crippen LogP contribution in [0.4, 0.5) is 0 Å². The predicted octanol–water partition coefficient (Wildman–Crippen LogP) is 17.8. The molecule has 3 heterocycles. The van der Waals surface area contributed by atoms with Crippen LogP contribution in [0.5, 0.6) is 0 Å². The van der Waals surface area contributed by atoms with Crippen LogP contribution in [0.15, 0.2) is 200 Å². The molecule has 69 heavy (non-hydrogen) atoms. The first-order chi connectivity index (χ1) is 33.7. The number of aromatic nitrogens is 3. The third-order valence-corrected chi connectivity index (χ3v) is 14.7. The van der Waals surface area contributed by atoms with Gasteiger partial charge in [0.25, 0.3) is 0 Å². The third-order valence-electron chi connectivity index (χ3n) is 14.7. The summed E-state index contributed by atoms with van der Waals surface area (Å²) < 4.78 is 7.30. The second-order valence-corrected chi connectivity index (χ2v) is 19.4. The van der Waals surface area contributed by atoms with Gasteiger partial charge in [0.1, 0.15) is 0 Å². The van der Waals surface area contributed by atoms with E-state index < -0.39 is 0 Å². The van der Waals surface area contributed by atoms with E-state index in [0.29, 0.717) is 0 Å². The molecule has 0 spiro atoms. The summed E-state index contributed by atoms with van der Waals surface area (Å²) >= 11 is 0. The first kappa shape index (κ1) is 40.8. The molecule has 13 rings (SSSR count). The molecule has 0 fully saturated rings. The molecule has 0 saturated carbocycles. The molecule has 0 aliphatic heterocycles. The smallest absolute Gasteiger partial charge is 0.0542 e. The highest BCUT2D eigenvalue weighted by Gasteiger charge is 2.21. The van der Waals surface area contributed by atoms with Crippen molar-refractivity contribution in [3.05, 3.63) is 234 Å². The lowest BCUT2D eigenvalue weighted by Gasteiger charge is -2.13. The monoisotopic (exact) mass is 885 g/mol. The Hall–Kier alpha value is -8.40. The Bertz CT molecular complexity index is 4190. The zero-order chi connectivity index (χ0) is 46.7. The second kappa shape index (κ2) is 15.6. The Morgan fingerprint density at radius 2 is 0.551 bits per heavy atom. The summed E-state index contributed by atoms with van der Waals surface area (Å²) in [5, 5.41) is 7.45. The van der Waals surface area contributed by atoms with Gasteiger partial charge in [0.15, 0.2) is 0 Å². The van der Waals surface area contributed by atoms with Crippen LogP contribution in [0.25, 0.3) is 116 Å². The summed E-state index contributed by atoms with van der Waals surface area (Å²) in [5.41, 5.74) is 26.0. The summed E-state index contributed by atoms with van der Waals surface area (Å²) in [6.07, 6.45) is 0. The number of aryl methyl sites for hydroxylation is 6. The zero-order valence-electron chi connectivity index (χ0n) is 39.9. The molecule has 3 nitrogen and oxygen atoms in total. The lowest BCUT2D eigenvalue weighted by atomic mass is 9.92. The second-order valence-electron chi connectivity index (χ2n) is 19.4. The van der Waals surface area contributed by atoms with E-state index in [4.69, 9.17) is 0 Å². The fraction of sp³-hybridized carbons (Fsp3) is 0.0909. The van der Waals surface area contributed by atoms with Crippen molar-refractivity contribution in [3.63, 3.8) is 0 Å². The highest BCUT2D eigenvalue weighted by Crippen LogP contribution is 2.43. The number of fused-ring (bicyclic) bond motifs is 9. The van der Waals surface area contributed by atoms with Gasteiger partial charge in [0, 0.05) is 49.4 Å². The van der Waals surface area contributed by atoms with Crippen molar-refractivity contribution in [2.24, 2.45) is 0 Å². The number of para-hydroxylation sites is 3. The van der Waals surface area contributed by atoms with E-state index in [2.05, 4.69) is 255 Å². The fourth-order valence-corrected chi connectivity index (χ4v) is 12.1. The lowest BCUT2D eigenvalue weighted by molar-refractivity contribution is 1.16. The molecule has 330 valence electrons. The molecule has 0 unspecified atom stereocenters. The molecular formula is C66H51N3. The van der Waals surface area contributed by atoms with Crippen LogP contribution in [-0.4, -0.2) is 13.7 Å². The Balaban J connectivity index is 1.04. The Morgan fingerprint density at radius 3 is 0.986 bits per heavy atom. The van der Waals surface area contributed by atoms with E-state index in [-0.39, 0.29) is 0 Å². The number of benzene rings is 10. The predicted molar refractivity (Wildman–Crippen MR) is 294 cm³/mol. The van der Waals surface area contributed by atoms with Crippen molar-refractivity contribution in [2.75, 3.05) is 0 Å². The maximum atomic E-state index is 2.48. The quantitative estimate of drug-likeness (QED) is 0.158. The van der Waals surface area contributed by atoms with Crippen molar-refractivity contribution >= 4 is 65.4 Å². The van der Waals surface area contributed by atoms with Crippen molar-refractivity contribution in [2.45, 2.75) is 41.5 Å². The first-order valence-electron chi connectivity index (χ1n) is 24.2. The van der Waals surface area contributed by atoms with E-state index in [1.807, 2.05) is 0 Å². The molecule has 0 atom stereocenters. The van der Waals surface area contributed by atoms with E-state index in [9.17, 15) is 0 Å². The highest BCUT2D eigenvalue weighted by atomic mass is 15.0. The molecule has 0 radical (unpaired) electrons. The molecule has 0 N–H and O–H groups in total. The van der Waals surface area contributed by atoms with Gasteiger partial charge in [-0.2, -0.15) is 0 Å². The van der Waals surface area contributed by atoms with Gasteiger partial charge in [-0.1, -0.05) is 114 Å². The van der Waals surface area contributed by atoms with Crippen molar-refractivity contribution in [3.8, 4) is 50.4 Å². The normalized spacial score (nSPS) is 11.9. The van der Waals surface area contributed by atoms with Gasteiger partial charge in [-0.15, -0.1) is 0 Å². The van der Waals surface area contributed by atoms with E-state index in [0.717, 1.165) is 17.1 Å². The molecule has 3 aromatic heterocycles. The topological polar surface area (TPSA) is 14.8 Å². The van der Waals surface area contributed by atoms with Crippen LogP contribution in [0.3, 0.4) is 0 Å². The maximum absolute atomic E-state index is 2.48. The molecule has 10 aromatic carbocycles. The van der Waals surface area contributed by atoms with Gasteiger partial charge in [0.2, 0.25) is 0 Å². The van der Waals surface area contributed by atoms with E-state index in [1.54, 1.807) is 0 Å². The number of rotatable bonds is 6. The van der Waals surface area contributed by atoms with Gasteiger partial charge >= 0.3 is 0 Å². The Kier molecular flexibility index (Phi) is 9.22. The maximum Gasteiger partial charge on any atom is 0.0542 e. The summed E-state index contributed by atoms with van der Waals surface area (Å²) in [7, 11) is 0. The van der Waals surface area contributed by atoms with Gasteiger partial charge in [-0.25, -0.2) is 0 Å². The van der Waals surface area contributed by atoms with Crippen molar-refractivity contribution < 1.29 is 0 Å². The summed E-state index contributed by atoms with van der Waals surface area (Å²) in [6.45, 7) is 13.4. The van der Waals surface area contributed by atoms with Gasteiger partial charge in [-0.3, -0.25) is 0 Å². The summed E-state index contributed by atoms with van der Waals surface area (Å²) in [5.74, 6) is 0. The van der Waals surface area contributed by atoms with Crippen LogP contribution >= 0.6 is 0 Å². The molecule has 0 amide bonds. The molecule has 0 saturated heterocycles. The minimum Gasteiger partial charge on any atom is -0.309 e. The molecular weight excluding hydrogens is 835 g/mol. The van der Waals surface area contributed by atoms with Gasteiger partial charge in [-0.05, 0) is 194 Å². The average molecular weight is 886 g/mol. The number of hydrogen-bond acceptors (Lipinski definition) is 0. The largest absolute Gasteiger partial charge is 0.309 e. The van der Waals surface area contributed by atoms with Gasteiger partial charge < -0.3 is 13.7 Å².